The van der Waals surface area contributed by atoms with Crippen molar-refractivity contribution >= 4 is 17.7 Å². The van der Waals surface area contributed by atoms with E-state index in [1.165, 1.54) is 0 Å². The molecule has 3 aromatic rings. The van der Waals surface area contributed by atoms with E-state index in [1.54, 1.807) is 6.92 Å². The Bertz CT molecular complexity index is 1140. The third-order valence-corrected chi connectivity index (χ3v) is 6.04. The molecule has 8 heteroatoms. The second kappa shape index (κ2) is 11.2. The zero-order valence-corrected chi connectivity index (χ0v) is 19.9. The molecule has 2 unspecified atom stereocenters. The summed E-state index contributed by atoms with van der Waals surface area (Å²) in [5, 5.41) is 15.9. The van der Waals surface area contributed by atoms with Crippen LogP contribution in [0.5, 0.6) is 0 Å². The molecule has 8 nitrogen and oxygen atoms in total. The van der Waals surface area contributed by atoms with Crippen LogP contribution < -0.4 is 5.32 Å². The van der Waals surface area contributed by atoms with Gasteiger partial charge in [-0.25, -0.2) is 4.79 Å². The van der Waals surface area contributed by atoms with Crippen LogP contribution >= 0.6 is 0 Å². The molecule has 1 aromatic heterocycles. The molecule has 2 aromatic carbocycles. The van der Waals surface area contributed by atoms with Crippen molar-refractivity contribution in [3.8, 4) is 11.3 Å². The molecule has 0 spiro atoms. The lowest BCUT2D eigenvalue weighted by molar-refractivity contribution is -0.140. The molecule has 4 rings (SSSR count). The number of hydrogen-bond acceptors (Lipinski definition) is 6. The summed E-state index contributed by atoms with van der Waals surface area (Å²) >= 11 is 0. The van der Waals surface area contributed by atoms with E-state index in [2.05, 4.69) is 10.5 Å². The molecule has 2 atom stereocenters. The molecule has 184 valence electrons. The van der Waals surface area contributed by atoms with E-state index in [4.69, 9.17) is 19.1 Å². The van der Waals surface area contributed by atoms with Crippen molar-refractivity contribution in [1.29, 1.82) is 0 Å². The Balaban J connectivity index is 1.38. The summed E-state index contributed by atoms with van der Waals surface area (Å²) in [6, 6.07) is 17.0. The highest BCUT2D eigenvalue weighted by Gasteiger charge is 2.27. The highest BCUT2D eigenvalue weighted by atomic mass is 16.6. The molecule has 35 heavy (non-hydrogen) atoms. The Kier molecular flexibility index (Phi) is 7.82. The van der Waals surface area contributed by atoms with Crippen LogP contribution in [0.4, 0.5) is 10.5 Å². The topological polar surface area (TPSA) is 111 Å². The van der Waals surface area contributed by atoms with Crippen molar-refractivity contribution in [2.24, 2.45) is 5.92 Å². The van der Waals surface area contributed by atoms with Crippen LogP contribution in [-0.2, 0) is 20.9 Å². The van der Waals surface area contributed by atoms with Crippen molar-refractivity contribution in [3.63, 3.8) is 0 Å². The second-order valence-corrected chi connectivity index (χ2v) is 8.96. The van der Waals surface area contributed by atoms with Crippen LogP contribution in [0.15, 0.2) is 59.1 Å². The third-order valence-electron chi connectivity index (χ3n) is 6.04. The van der Waals surface area contributed by atoms with Crippen molar-refractivity contribution in [2.45, 2.75) is 58.3 Å². The van der Waals surface area contributed by atoms with Crippen LogP contribution in [0.2, 0.25) is 0 Å². The number of nitrogens with one attached hydrogen (secondary N) is 1. The molecule has 2 N–H and O–H groups in total. The highest BCUT2D eigenvalue weighted by molar-refractivity contribution is 5.90. The van der Waals surface area contributed by atoms with Gasteiger partial charge in [0.05, 0.1) is 19.1 Å². The van der Waals surface area contributed by atoms with Crippen LogP contribution in [0.25, 0.3) is 11.3 Å². The Morgan fingerprint density at radius 2 is 1.86 bits per heavy atom. The molecule has 0 aliphatic heterocycles. The number of carboxylic acid groups (broad SMARTS) is 1. The van der Waals surface area contributed by atoms with Gasteiger partial charge in [0, 0.05) is 5.56 Å². The standard InChI is InChI=1S/C27H30N2O6/c1-17-25(28-27(32)34-18(2)21-6-4-3-5-7-21)26(35-29-17)22-12-10-20(11-13-22)16-33-23(15-24(30)31)14-19-8-9-19/h3-7,10-13,18-19,23H,8-9,14-16H2,1-2H3,(H,28,32)(H,30,31). The molecule has 1 fully saturated rings. The van der Waals surface area contributed by atoms with E-state index >= 15 is 0 Å². The predicted octanol–water partition coefficient (Wildman–Crippen LogP) is 6.12. The van der Waals surface area contributed by atoms with Gasteiger partial charge >= 0.3 is 12.1 Å². The lowest BCUT2D eigenvalue weighted by Crippen LogP contribution is -2.18. The average Bonchev–Trinajstić information content (AvgIpc) is 3.59. The normalized spacial score (nSPS) is 14.8. The summed E-state index contributed by atoms with van der Waals surface area (Å²) in [6.07, 6.45) is 1.81. The van der Waals surface area contributed by atoms with Crippen molar-refractivity contribution < 1.29 is 28.7 Å². The summed E-state index contributed by atoms with van der Waals surface area (Å²) in [4.78, 5) is 23.7. The van der Waals surface area contributed by atoms with Gasteiger partial charge in [0.2, 0.25) is 0 Å². The van der Waals surface area contributed by atoms with E-state index in [-0.39, 0.29) is 12.5 Å². The number of carbonyl (C=O) groups is 2. The minimum absolute atomic E-state index is 0.0138. The van der Waals surface area contributed by atoms with E-state index < -0.39 is 18.2 Å². The Morgan fingerprint density at radius 3 is 2.51 bits per heavy atom. The SMILES string of the molecule is Cc1noc(-c2ccc(COC(CC(=O)O)CC3CC3)cc2)c1NC(=O)OC(C)c1ccccc1. The van der Waals surface area contributed by atoms with E-state index in [1.807, 2.05) is 61.5 Å². The molecule has 1 amide bonds. The Labute approximate surface area is 204 Å². The van der Waals surface area contributed by atoms with Gasteiger partial charge < -0.3 is 19.1 Å². The first-order valence-electron chi connectivity index (χ1n) is 11.8. The summed E-state index contributed by atoms with van der Waals surface area (Å²) < 4.78 is 16.9. The third kappa shape index (κ3) is 6.93. The van der Waals surface area contributed by atoms with Gasteiger partial charge in [0.1, 0.15) is 17.5 Å². The van der Waals surface area contributed by atoms with Gasteiger partial charge in [-0.3, -0.25) is 10.1 Å². The summed E-state index contributed by atoms with van der Waals surface area (Å²) in [7, 11) is 0. The Morgan fingerprint density at radius 1 is 1.14 bits per heavy atom. The van der Waals surface area contributed by atoms with Crippen LogP contribution in [0, 0.1) is 12.8 Å². The number of anilines is 1. The molecule has 0 saturated heterocycles. The maximum absolute atomic E-state index is 12.5. The van der Waals surface area contributed by atoms with Gasteiger partial charge in [-0.05, 0) is 37.3 Å². The van der Waals surface area contributed by atoms with Gasteiger partial charge in [-0.15, -0.1) is 0 Å². The second-order valence-electron chi connectivity index (χ2n) is 8.96. The van der Waals surface area contributed by atoms with Crippen LogP contribution in [0.1, 0.15) is 55.5 Å². The zero-order chi connectivity index (χ0) is 24.8. The number of carbonyl (C=O) groups excluding carboxylic acids is 1. The summed E-state index contributed by atoms with van der Waals surface area (Å²) in [5.41, 5.74) is 3.53. The number of amides is 1. The van der Waals surface area contributed by atoms with Gasteiger partial charge in [0.25, 0.3) is 0 Å². The minimum Gasteiger partial charge on any atom is -0.481 e. The average molecular weight is 479 g/mol. The zero-order valence-electron chi connectivity index (χ0n) is 19.9. The summed E-state index contributed by atoms with van der Waals surface area (Å²) in [6.45, 7) is 3.88. The number of rotatable bonds is 11. The quantitative estimate of drug-likeness (QED) is 0.341. The lowest BCUT2D eigenvalue weighted by atomic mass is 10.1. The highest BCUT2D eigenvalue weighted by Crippen LogP contribution is 2.35. The van der Waals surface area contributed by atoms with E-state index in [0.29, 0.717) is 29.7 Å². The molecular formula is C27H30N2O6. The number of aromatic nitrogens is 1. The molecular weight excluding hydrogens is 448 g/mol. The first-order valence-corrected chi connectivity index (χ1v) is 11.8. The Hall–Kier alpha value is -3.65. The number of benzene rings is 2. The molecule has 1 saturated carbocycles. The first kappa shape index (κ1) is 24.5. The number of hydrogen-bond donors (Lipinski definition) is 2. The smallest absolute Gasteiger partial charge is 0.412 e. The number of nitrogens with zero attached hydrogens (tertiary/aromatic N) is 1. The molecule has 1 aliphatic carbocycles. The van der Waals surface area contributed by atoms with Crippen LogP contribution in [-0.4, -0.2) is 28.4 Å². The van der Waals surface area contributed by atoms with E-state index in [0.717, 1.165) is 36.0 Å². The first-order chi connectivity index (χ1) is 16.9. The number of ether oxygens (including phenoxy) is 2. The largest absolute Gasteiger partial charge is 0.481 e. The molecule has 0 radical (unpaired) electrons. The summed E-state index contributed by atoms with van der Waals surface area (Å²) in [5.74, 6) is 0.171. The van der Waals surface area contributed by atoms with Crippen molar-refractivity contribution in [3.05, 3.63) is 71.4 Å². The maximum Gasteiger partial charge on any atom is 0.412 e. The van der Waals surface area contributed by atoms with Crippen molar-refractivity contribution in [2.75, 3.05) is 5.32 Å². The fourth-order valence-corrected chi connectivity index (χ4v) is 3.89. The number of aryl methyl sites for hydroxylation is 1. The van der Waals surface area contributed by atoms with E-state index in [9.17, 15) is 9.59 Å². The molecule has 0 bridgehead atoms. The van der Waals surface area contributed by atoms with Gasteiger partial charge in [0.15, 0.2) is 5.76 Å². The number of carboxylic acids is 1. The van der Waals surface area contributed by atoms with Gasteiger partial charge in [-0.2, -0.15) is 0 Å². The predicted molar refractivity (Wildman–Crippen MR) is 130 cm³/mol. The minimum atomic E-state index is -0.844. The maximum atomic E-state index is 12.5. The lowest BCUT2D eigenvalue weighted by Gasteiger charge is -2.16. The van der Waals surface area contributed by atoms with Gasteiger partial charge in [-0.1, -0.05) is 72.6 Å². The monoisotopic (exact) mass is 478 g/mol. The van der Waals surface area contributed by atoms with Crippen molar-refractivity contribution in [1.82, 2.24) is 5.16 Å². The van der Waals surface area contributed by atoms with Crippen LogP contribution in [0.3, 0.4) is 0 Å². The molecule has 1 aliphatic rings. The fourth-order valence-electron chi connectivity index (χ4n) is 3.89. The number of aliphatic carboxylic acids is 1. The fraction of sp³-hybridized carbons (Fsp3) is 0.370. The molecule has 1 heterocycles.